The number of hydrogen-bond donors (Lipinski definition) is 1. The number of nitrogens with zero attached hydrogens (tertiary/aromatic N) is 3. The van der Waals surface area contributed by atoms with Crippen molar-refractivity contribution in [1.82, 2.24) is 14.7 Å². The van der Waals surface area contributed by atoms with E-state index in [9.17, 15) is 9.59 Å². The molecule has 0 aliphatic heterocycles. The molecule has 3 heterocycles. The molecule has 1 fully saturated rings. The van der Waals surface area contributed by atoms with Gasteiger partial charge in [0, 0.05) is 35.9 Å². The summed E-state index contributed by atoms with van der Waals surface area (Å²) in [4.78, 5) is 30.1. The topological polar surface area (TPSA) is 90.0 Å². The van der Waals surface area contributed by atoms with Crippen molar-refractivity contribution >= 4 is 45.0 Å². The molecule has 164 valence electrons. The molecule has 0 radical (unpaired) electrons. The molecule has 7 nitrogen and oxygen atoms in total. The molecule has 1 aromatic carbocycles. The van der Waals surface area contributed by atoms with Crippen LogP contribution in [0.4, 0.5) is 5.69 Å². The van der Waals surface area contributed by atoms with Crippen LogP contribution in [0, 0.1) is 12.8 Å². The molecule has 2 atom stereocenters. The molecular formula is C24H23ClN4O3. The Morgan fingerprint density at radius 2 is 2.03 bits per heavy atom. The van der Waals surface area contributed by atoms with Crippen molar-refractivity contribution in [2.45, 2.75) is 45.1 Å². The fourth-order valence-electron chi connectivity index (χ4n) is 4.93. The SMILES string of the molecule is Cc1onc2c1c(=O)n([C@H]1CCC[C@@H](CC(=O)Nc3ccncc3)C1)c1cccc(Cl)c21. The van der Waals surface area contributed by atoms with Crippen molar-refractivity contribution in [3.05, 3.63) is 63.9 Å². The molecule has 1 saturated carbocycles. The lowest BCUT2D eigenvalue weighted by Crippen LogP contribution is -2.30. The van der Waals surface area contributed by atoms with Crippen molar-refractivity contribution < 1.29 is 9.32 Å². The Bertz CT molecular complexity index is 1360. The number of aryl methyl sites for hydroxylation is 1. The first kappa shape index (κ1) is 20.7. The number of carbonyl (C=O) groups excluding carboxylic acids is 1. The number of aromatic nitrogens is 3. The Morgan fingerprint density at radius 1 is 1.22 bits per heavy atom. The number of pyridine rings is 2. The van der Waals surface area contributed by atoms with Crippen molar-refractivity contribution in [2.75, 3.05) is 5.32 Å². The number of carbonyl (C=O) groups is 1. The van der Waals surface area contributed by atoms with Crippen molar-refractivity contribution in [3.8, 4) is 0 Å². The Kier molecular flexibility index (Phi) is 5.43. The minimum absolute atomic E-state index is 0.0189. The number of benzene rings is 1. The van der Waals surface area contributed by atoms with Crippen LogP contribution in [0.15, 0.2) is 52.0 Å². The summed E-state index contributed by atoms with van der Waals surface area (Å²) in [6, 6.07) is 9.08. The first-order valence-corrected chi connectivity index (χ1v) is 11.2. The zero-order valence-electron chi connectivity index (χ0n) is 17.7. The predicted molar refractivity (Wildman–Crippen MR) is 124 cm³/mol. The number of anilines is 1. The van der Waals surface area contributed by atoms with Gasteiger partial charge in [-0.3, -0.25) is 14.6 Å². The van der Waals surface area contributed by atoms with Crippen molar-refractivity contribution in [1.29, 1.82) is 0 Å². The third-order valence-electron chi connectivity index (χ3n) is 6.34. The number of amides is 1. The average Bonchev–Trinajstić information content (AvgIpc) is 3.16. The van der Waals surface area contributed by atoms with E-state index in [1.54, 1.807) is 37.5 Å². The maximum atomic E-state index is 13.5. The minimum atomic E-state index is -0.111. The van der Waals surface area contributed by atoms with E-state index in [0.29, 0.717) is 28.1 Å². The Labute approximate surface area is 189 Å². The van der Waals surface area contributed by atoms with Gasteiger partial charge in [-0.15, -0.1) is 0 Å². The van der Waals surface area contributed by atoms with Crippen LogP contribution in [0.3, 0.4) is 0 Å². The minimum Gasteiger partial charge on any atom is -0.360 e. The van der Waals surface area contributed by atoms with E-state index in [-0.39, 0.29) is 23.4 Å². The highest BCUT2D eigenvalue weighted by Gasteiger charge is 2.29. The summed E-state index contributed by atoms with van der Waals surface area (Å²) in [6.45, 7) is 1.75. The van der Waals surface area contributed by atoms with Gasteiger partial charge in [-0.1, -0.05) is 29.2 Å². The highest BCUT2D eigenvalue weighted by molar-refractivity contribution is 6.37. The molecule has 1 N–H and O–H groups in total. The molecule has 0 unspecified atom stereocenters. The molecular weight excluding hydrogens is 428 g/mol. The van der Waals surface area contributed by atoms with Gasteiger partial charge in [-0.25, -0.2) is 0 Å². The van der Waals surface area contributed by atoms with Gasteiger partial charge in [-0.05, 0) is 56.4 Å². The third kappa shape index (κ3) is 3.66. The Morgan fingerprint density at radius 3 is 2.84 bits per heavy atom. The first-order valence-electron chi connectivity index (χ1n) is 10.8. The molecule has 1 aliphatic rings. The van der Waals surface area contributed by atoms with Crippen LogP contribution in [0.25, 0.3) is 21.8 Å². The van der Waals surface area contributed by atoms with Gasteiger partial charge < -0.3 is 14.4 Å². The lowest BCUT2D eigenvalue weighted by Gasteiger charge is -2.31. The van der Waals surface area contributed by atoms with E-state index in [4.69, 9.17) is 16.1 Å². The molecule has 0 bridgehead atoms. The van der Waals surface area contributed by atoms with Crippen LogP contribution in [0.1, 0.15) is 43.9 Å². The highest BCUT2D eigenvalue weighted by Crippen LogP contribution is 2.38. The first-order chi connectivity index (χ1) is 15.5. The summed E-state index contributed by atoms with van der Waals surface area (Å²) in [5.74, 6) is 0.660. The summed E-state index contributed by atoms with van der Waals surface area (Å²) in [6.07, 6.45) is 7.26. The average molecular weight is 451 g/mol. The van der Waals surface area contributed by atoms with Crippen LogP contribution < -0.4 is 10.9 Å². The van der Waals surface area contributed by atoms with Crippen LogP contribution >= 0.6 is 11.6 Å². The molecule has 1 aliphatic carbocycles. The van der Waals surface area contributed by atoms with Gasteiger partial charge in [0.15, 0.2) is 0 Å². The van der Waals surface area contributed by atoms with E-state index in [1.165, 1.54) is 0 Å². The van der Waals surface area contributed by atoms with E-state index in [2.05, 4.69) is 15.5 Å². The van der Waals surface area contributed by atoms with Gasteiger partial charge in [0.05, 0.1) is 10.5 Å². The summed E-state index contributed by atoms with van der Waals surface area (Å²) < 4.78 is 7.20. The van der Waals surface area contributed by atoms with E-state index < -0.39 is 0 Å². The number of nitrogens with one attached hydrogen (secondary N) is 1. The Hall–Kier alpha value is -3.19. The smallest absolute Gasteiger partial charge is 0.264 e. The molecule has 0 spiro atoms. The second-order valence-electron chi connectivity index (χ2n) is 8.45. The predicted octanol–water partition coefficient (Wildman–Crippen LogP) is 5.26. The van der Waals surface area contributed by atoms with Gasteiger partial charge in [-0.2, -0.15) is 0 Å². The fraction of sp³-hybridized carbons (Fsp3) is 0.333. The molecule has 5 rings (SSSR count). The molecule has 3 aromatic heterocycles. The van der Waals surface area contributed by atoms with Crippen LogP contribution in [-0.2, 0) is 4.79 Å². The number of hydrogen-bond acceptors (Lipinski definition) is 5. The molecule has 8 heteroatoms. The molecule has 0 saturated heterocycles. The number of rotatable bonds is 4. The largest absolute Gasteiger partial charge is 0.360 e. The number of fused-ring (bicyclic) bond motifs is 3. The van der Waals surface area contributed by atoms with Gasteiger partial charge in [0.2, 0.25) is 5.91 Å². The lowest BCUT2D eigenvalue weighted by molar-refractivity contribution is -0.117. The second kappa shape index (κ2) is 8.39. The lowest BCUT2D eigenvalue weighted by atomic mass is 9.83. The van der Waals surface area contributed by atoms with Gasteiger partial charge in [0.1, 0.15) is 16.7 Å². The second-order valence-corrected chi connectivity index (χ2v) is 8.85. The van der Waals surface area contributed by atoms with E-state index in [0.717, 1.165) is 42.3 Å². The normalized spacial score (nSPS) is 18.8. The summed E-state index contributed by atoms with van der Waals surface area (Å²) in [5, 5.41) is 8.80. The monoisotopic (exact) mass is 450 g/mol. The quantitative estimate of drug-likeness (QED) is 0.458. The molecule has 1 amide bonds. The summed E-state index contributed by atoms with van der Waals surface area (Å²) in [5.41, 5.74) is 1.90. The Balaban J connectivity index is 1.48. The van der Waals surface area contributed by atoms with Crippen LogP contribution in [0.5, 0.6) is 0 Å². The van der Waals surface area contributed by atoms with E-state index in [1.807, 2.05) is 16.7 Å². The van der Waals surface area contributed by atoms with Crippen molar-refractivity contribution in [2.24, 2.45) is 5.92 Å². The molecule has 4 aromatic rings. The standard InChI is InChI=1S/C24H23ClN4O3/c1-14-21-23(28-32-14)22-18(25)6-3-7-19(22)29(24(21)31)17-5-2-4-15(12-17)13-20(30)27-16-8-10-26-11-9-16/h3,6-11,15,17H,2,4-5,12-13H2,1H3,(H,26,27,30)/t15-,17+/m1/s1. The maximum Gasteiger partial charge on any atom is 0.264 e. The van der Waals surface area contributed by atoms with Crippen molar-refractivity contribution in [3.63, 3.8) is 0 Å². The summed E-state index contributed by atoms with van der Waals surface area (Å²) in [7, 11) is 0. The van der Waals surface area contributed by atoms with E-state index >= 15 is 0 Å². The number of halogens is 1. The zero-order chi connectivity index (χ0) is 22.2. The summed E-state index contributed by atoms with van der Waals surface area (Å²) >= 11 is 6.53. The van der Waals surface area contributed by atoms with Gasteiger partial charge in [0.25, 0.3) is 5.56 Å². The van der Waals surface area contributed by atoms with Gasteiger partial charge >= 0.3 is 0 Å². The zero-order valence-corrected chi connectivity index (χ0v) is 18.4. The maximum absolute atomic E-state index is 13.5. The third-order valence-corrected chi connectivity index (χ3v) is 6.66. The molecule has 32 heavy (non-hydrogen) atoms. The highest BCUT2D eigenvalue weighted by atomic mass is 35.5. The van der Waals surface area contributed by atoms with Crippen LogP contribution in [0.2, 0.25) is 5.02 Å². The van der Waals surface area contributed by atoms with Crippen LogP contribution in [-0.4, -0.2) is 20.6 Å². The fourth-order valence-corrected chi connectivity index (χ4v) is 5.19.